The highest BCUT2D eigenvalue weighted by Gasteiger charge is 2.49. The van der Waals surface area contributed by atoms with Gasteiger partial charge in [0.2, 0.25) is 0 Å². The molecule has 12 heavy (non-hydrogen) atoms. The summed E-state index contributed by atoms with van der Waals surface area (Å²) in [6, 6.07) is 0. The zero-order valence-corrected chi connectivity index (χ0v) is 9.29. The van der Waals surface area contributed by atoms with Gasteiger partial charge in [0.25, 0.3) is 0 Å². The van der Waals surface area contributed by atoms with Crippen molar-refractivity contribution in [3.8, 4) is 0 Å². The third-order valence-electron chi connectivity index (χ3n) is 4.24. The third-order valence-corrected chi connectivity index (χ3v) is 5.99. The second kappa shape index (κ2) is 2.94. The highest BCUT2D eigenvalue weighted by atomic mass is 32.2. The van der Waals surface area contributed by atoms with Crippen molar-refractivity contribution in [3.63, 3.8) is 0 Å². The molecule has 1 aliphatic carbocycles. The van der Waals surface area contributed by atoms with Crippen LogP contribution in [0.3, 0.4) is 0 Å². The predicted octanol–water partition coefficient (Wildman–Crippen LogP) is 3.56. The maximum absolute atomic E-state index is 2.51. The Labute approximate surface area is 80.5 Å². The first-order valence-electron chi connectivity index (χ1n) is 5.26. The standard InChI is InChI=1S/C11H20S/c1-8(2)11(3)6-4-9-5-7-12-10(9)11/h8-10H,4-7H2,1-3H3. The van der Waals surface area contributed by atoms with Crippen LogP contribution in [0.1, 0.15) is 40.0 Å². The summed E-state index contributed by atoms with van der Waals surface area (Å²) in [7, 11) is 0. The monoisotopic (exact) mass is 184 g/mol. The van der Waals surface area contributed by atoms with Gasteiger partial charge in [-0.15, -0.1) is 0 Å². The van der Waals surface area contributed by atoms with Gasteiger partial charge in [0.15, 0.2) is 0 Å². The maximum Gasteiger partial charge on any atom is 0.0132 e. The fraction of sp³-hybridized carbons (Fsp3) is 1.00. The van der Waals surface area contributed by atoms with Crippen LogP contribution in [0.5, 0.6) is 0 Å². The number of fused-ring (bicyclic) bond motifs is 1. The normalized spacial score (nSPS) is 47.0. The van der Waals surface area contributed by atoms with Crippen molar-refractivity contribution in [3.05, 3.63) is 0 Å². The van der Waals surface area contributed by atoms with Crippen molar-refractivity contribution in [2.45, 2.75) is 45.3 Å². The largest absolute Gasteiger partial charge is 0.158 e. The van der Waals surface area contributed by atoms with Crippen molar-refractivity contribution in [2.75, 3.05) is 5.75 Å². The van der Waals surface area contributed by atoms with Crippen molar-refractivity contribution < 1.29 is 0 Å². The molecule has 1 heteroatoms. The predicted molar refractivity (Wildman–Crippen MR) is 56.5 cm³/mol. The summed E-state index contributed by atoms with van der Waals surface area (Å²) in [6.45, 7) is 7.32. The Morgan fingerprint density at radius 2 is 2.08 bits per heavy atom. The average Bonchev–Trinajstić information content (AvgIpc) is 2.54. The van der Waals surface area contributed by atoms with E-state index in [1.165, 1.54) is 25.0 Å². The van der Waals surface area contributed by atoms with E-state index in [1.54, 1.807) is 0 Å². The minimum atomic E-state index is 0.659. The number of hydrogen-bond acceptors (Lipinski definition) is 1. The van der Waals surface area contributed by atoms with E-state index < -0.39 is 0 Å². The highest BCUT2D eigenvalue weighted by Crippen LogP contribution is 2.56. The lowest BCUT2D eigenvalue weighted by molar-refractivity contribution is 0.230. The Morgan fingerprint density at radius 1 is 1.33 bits per heavy atom. The topological polar surface area (TPSA) is 0 Å². The van der Waals surface area contributed by atoms with Gasteiger partial charge in [-0.2, -0.15) is 11.8 Å². The number of rotatable bonds is 1. The molecule has 3 unspecified atom stereocenters. The van der Waals surface area contributed by atoms with Crippen LogP contribution in [0.4, 0.5) is 0 Å². The molecule has 3 atom stereocenters. The van der Waals surface area contributed by atoms with Crippen LogP contribution in [0, 0.1) is 17.3 Å². The van der Waals surface area contributed by atoms with Gasteiger partial charge in [0.1, 0.15) is 0 Å². The SMILES string of the molecule is CC(C)C1(C)CCC2CCSC21. The Morgan fingerprint density at radius 3 is 2.75 bits per heavy atom. The summed E-state index contributed by atoms with van der Waals surface area (Å²) >= 11 is 2.25. The molecule has 2 aliphatic rings. The van der Waals surface area contributed by atoms with Gasteiger partial charge >= 0.3 is 0 Å². The molecule has 1 heterocycles. The molecule has 0 aromatic rings. The molecule has 0 radical (unpaired) electrons. The molecule has 1 saturated heterocycles. The third kappa shape index (κ3) is 1.13. The number of thioether (sulfide) groups is 1. The Bertz CT molecular complexity index is 176. The van der Waals surface area contributed by atoms with Crippen LogP contribution in [-0.4, -0.2) is 11.0 Å². The summed E-state index contributed by atoms with van der Waals surface area (Å²) in [5.74, 6) is 3.37. The molecule has 0 spiro atoms. The quantitative estimate of drug-likeness (QED) is 0.600. The van der Waals surface area contributed by atoms with Crippen molar-refractivity contribution in [2.24, 2.45) is 17.3 Å². The molecule has 1 aliphatic heterocycles. The van der Waals surface area contributed by atoms with Crippen LogP contribution in [-0.2, 0) is 0 Å². The van der Waals surface area contributed by atoms with Gasteiger partial charge in [-0.05, 0) is 42.3 Å². The van der Waals surface area contributed by atoms with E-state index >= 15 is 0 Å². The molecular weight excluding hydrogens is 164 g/mol. The molecule has 0 nitrogen and oxygen atoms in total. The van der Waals surface area contributed by atoms with Crippen LogP contribution in [0.2, 0.25) is 0 Å². The Balaban J connectivity index is 2.17. The molecule has 2 fully saturated rings. The zero-order valence-electron chi connectivity index (χ0n) is 8.47. The molecule has 0 aromatic carbocycles. The van der Waals surface area contributed by atoms with E-state index in [4.69, 9.17) is 0 Å². The molecule has 70 valence electrons. The van der Waals surface area contributed by atoms with Gasteiger partial charge in [0, 0.05) is 5.25 Å². The summed E-state index contributed by atoms with van der Waals surface area (Å²) < 4.78 is 0. The minimum Gasteiger partial charge on any atom is -0.158 e. The van der Waals surface area contributed by atoms with Gasteiger partial charge in [-0.1, -0.05) is 20.8 Å². The molecule has 0 bridgehead atoms. The van der Waals surface area contributed by atoms with Gasteiger partial charge in [0.05, 0.1) is 0 Å². The van der Waals surface area contributed by atoms with E-state index in [1.807, 2.05) is 0 Å². The lowest BCUT2D eigenvalue weighted by atomic mass is 9.76. The smallest absolute Gasteiger partial charge is 0.0132 e. The Kier molecular flexibility index (Phi) is 2.18. The lowest BCUT2D eigenvalue weighted by Crippen LogP contribution is -2.30. The van der Waals surface area contributed by atoms with Gasteiger partial charge in [-0.3, -0.25) is 0 Å². The van der Waals surface area contributed by atoms with Crippen molar-refractivity contribution in [1.29, 1.82) is 0 Å². The minimum absolute atomic E-state index is 0.659. The van der Waals surface area contributed by atoms with Crippen LogP contribution in [0.15, 0.2) is 0 Å². The van der Waals surface area contributed by atoms with Crippen LogP contribution in [0.25, 0.3) is 0 Å². The molecule has 0 N–H and O–H groups in total. The second-order valence-electron chi connectivity index (χ2n) is 5.04. The van der Waals surface area contributed by atoms with E-state index in [-0.39, 0.29) is 0 Å². The fourth-order valence-corrected chi connectivity index (χ4v) is 4.92. The second-order valence-corrected chi connectivity index (χ2v) is 6.29. The zero-order chi connectivity index (χ0) is 8.77. The summed E-state index contributed by atoms with van der Waals surface area (Å²) in [5.41, 5.74) is 0.659. The Hall–Kier alpha value is 0.350. The van der Waals surface area contributed by atoms with Crippen LogP contribution < -0.4 is 0 Å². The highest BCUT2D eigenvalue weighted by molar-refractivity contribution is 8.00. The first-order valence-corrected chi connectivity index (χ1v) is 6.31. The fourth-order valence-electron chi connectivity index (χ4n) is 2.91. The van der Waals surface area contributed by atoms with Crippen molar-refractivity contribution in [1.82, 2.24) is 0 Å². The first kappa shape index (κ1) is 8.93. The summed E-state index contributed by atoms with van der Waals surface area (Å²) in [4.78, 5) is 0. The molecule has 2 rings (SSSR count). The molecule has 1 saturated carbocycles. The first-order chi connectivity index (χ1) is 5.64. The molecular formula is C11H20S. The van der Waals surface area contributed by atoms with Gasteiger partial charge in [-0.25, -0.2) is 0 Å². The number of hydrogen-bond donors (Lipinski definition) is 0. The molecule has 0 amide bonds. The summed E-state index contributed by atoms with van der Waals surface area (Å²) in [6.07, 6.45) is 4.48. The van der Waals surface area contributed by atoms with E-state index in [0.717, 1.165) is 17.1 Å². The van der Waals surface area contributed by atoms with Crippen LogP contribution >= 0.6 is 11.8 Å². The van der Waals surface area contributed by atoms with Crippen molar-refractivity contribution >= 4 is 11.8 Å². The summed E-state index contributed by atoms with van der Waals surface area (Å²) in [5, 5.41) is 0.998. The lowest BCUT2D eigenvalue weighted by Gasteiger charge is -2.34. The van der Waals surface area contributed by atoms with E-state index in [0.29, 0.717) is 5.41 Å². The van der Waals surface area contributed by atoms with Gasteiger partial charge < -0.3 is 0 Å². The van der Waals surface area contributed by atoms with E-state index in [2.05, 4.69) is 32.5 Å². The van der Waals surface area contributed by atoms with E-state index in [9.17, 15) is 0 Å². The maximum atomic E-state index is 2.51. The molecule has 0 aromatic heterocycles. The average molecular weight is 184 g/mol.